The Bertz CT molecular complexity index is 183. The van der Waals surface area contributed by atoms with E-state index in [1.807, 2.05) is 25.9 Å². The third-order valence-electron chi connectivity index (χ3n) is 2.30. The smallest absolute Gasteiger partial charge is 0.323 e. The minimum atomic E-state index is -0.791. The van der Waals surface area contributed by atoms with Crippen molar-refractivity contribution in [1.82, 2.24) is 10.2 Å². The molecule has 4 heteroatoms. The van der Waals surface area contributed by atoms with Gasteiger partial charge >= 0.3 is 5.97 Å². The predicted octanol–water partition coefficient (Wildman–Crippen LogP) is 0.781. The molecule has 0 aliphatic carbocycles. The van der Waals surface area contributed by atoms with E-state index in [0.717, 1.165) is 19.5 Å². The van der Waals surface area contributed by atoms with Crippen LogP contribution in [0.15, 0.2) is 0 Å². The van der Waals surface area contributed by atoms with Crippen LogP contribution in [0.1, 0.15) is 26.7 Å². The standard InChI is InChI=1S/C10H22N2O2/c1-5-7-11-10(2,9(13)14)6-8-12(3)4/h11H,5-8H2,1-4H3,(H,13,14). The van der Waals surface area contributed by atoms with E-state index >= 15 is 0 Å². The van der Waals surface area contributed by atoms with E-state index < -0.39 is 11.5 Å². The number of nitrogens with zero attached hydrogens (tertiary/aromatic N) is 1. The van der Waals surface area contributed by atoms with Gasteiger partial charge in [-0.3, -0.25) is 4.79 Å². The van der Waals surface area contributed by atoms with Crippen molar-refractivity contribution in [3.63, 3.8) is 0 Å². The van der Waals surface area contributed by atoms with E-state index in [2.05, 4.69) is 5.32 Å². The minimum absolute atomic E-state index is 0.620. The third-order valence-corrected chi connectivity index (χ3v) is 2.30. The zero-order valence-corrected chi connectivity index (χ0v) is 9.63. The second kappa shape index (κ2) is 5.98. The highest BCUT2D eigenvalue weighted by Crippen LogP contribution is 2.10. The van der Waals surface area contributed by atoms with E-state index in [1.165, 1.54) is 0 Å². The normalized spacial score (nSPS) is 15.5. The summed E-state index contributed by atoms with van der Waals surface area (Å²) in [5, 5.41) is 12.2. The average molecular weight is 202 g/mol. The van der Waals surface area contributed by atoms with Gasteiger partial charge in [0.25, 0.3) is 0 Å². The van der Waals surface area contributed by atoms with E-state index in [9.17, 15) is 4.79 Å². The Morgan fingerprint density at radius 1 is 1.50 bits per heavy atom. The van der Waals surface area contributed by atoms with E-state index in [-0.39, 0.29) is 0 Å². The van der Waals surface area contributed by atoms with Crippen LogP contribution in [-0.2, 0) is 4.79 Å². The molecule has 14 heavy (non-hydrogen) atoms. The SMILES string of the molecule is CCCNC(C)(CCN(C)C)C(=O)O. The van der Waals surface area contributed by atoms with Gasteiger partial charge < -0.3 is 15.3 Å². The Morgan fingerprint density at radius 2 is 2.07 bits per heavy atom. The van der Waals surface area contributed by atoms with Crippen molar-refractivity contribution in [2.45, 2.75) is 32.2 Å². The van der Waals surface area contributed by atoms with Crippen LogP contribution in [0.25, 0.3) is 0 Å². The number of carbonyl (C=O) groups is 1. The first-order valence-electron chi connectivity index (χ1n) is 5.05. The summed E-state index contributed by atoms with van der Waals surface area (Å²) in [5.41, 5.74) is -0.791. The Kier molecular flexibility index (Phi) is 5.72. The molecule has 84 valence electrons. The summed E-state index contributed by atoms with van der Waals surface area (Å²) in [4.78, 5) is 13.1. The minimum Gasteiger partial charge on any atom is -0.480 e. The summed E-state index contributed by atoms with van der Waals surface area (Å²) in [6.45, 7) is 5.30. The lowest BCUT2D eigenvalue weighted by Gasteiger charge is -2.27. The van der Waals surface area contributed by atoms with Crippen LogP contribution in [0.2, 0.25) is 0 Å². The highest BCUT2D eigenvalue weighted by Gasteiger charge is 2.31. The molecule has 0 aromatic carbocycles. The van der Waals surface area contributed by atoms with Gasteiger partial charge in [-0.25, -0.2) is 0 Å². The molecule has 0 aromatic rings. The number of hydrogen-bond acceptors (Lipinski definition) is 3. The van der Waals surface area contributed by atoms with Crippen molar-refractivity contribution in [2.75, 3.05) is 27.2 Å². The molecule has 0 radical (unpaired) electrons. The largest absolute Gasteiger partial charge is 0.480 e. The van der Waals surface area contributed by atoms with E-state index in [4.69, 9.17) is 5.11 Å². The van der Waals surface area contributed by atoms with Crippen LogP contribution in [-0.4, -0.2) is 48.7 Å². The Balaban J connectivity index is 4.17. The van der Waals surface area contributed by atoms with Gasteiger partial charge in [-0.2, -0.15) is 0 Å². The molecular weight excluding hydrogens is 180 g/mol. The molecule has 0 rings (SSSR count). The maximum Gasteiger partial charge on any atom is 0.323 e. The Labute approximate surface area is 86.3 Å². The van der Waals surface area contributed by atoms with Crippen molar-refractivity contribution < 1.29 is 9.90 Å². The maximum atomic E-state index is 11.1. The summed E-state index contributed by atoms with van der Waals surface area (Å²) < 4.78 is 0. The number of hydrogen-bond donors (Lipinski definition) is 2. The summed E-state index contributed by atoms with van der Waals surface area (Å²) >= 11 is 0. The van der Waals surface area contributed by atoms with Crippen LogP contribution >= 0.6 is 0 Å². The molecule has 0 heterocycles. The molecule has 0 aliphatic rings. The third kappa shape index (κ3) is 4.58. The molecule has 0 aliphatic heterocycles. The Hall–Kier alpha value is -0.610. The highest BCUT2D eigenvalue weighted by molar-refractivity contribution is 5.78. The summed E-state index contributed by atoms with van der Waals surface area (Å²) in [5.74, 6) is -0.771. The number of carboxylic acid groups (broad SMARTS) is 1. The molecule has 2 N–H and O–H groups in total. The van der Waals surface area contributed by atoms with Crippen LogP contribution in [0.4, 0.5) is 0 Å². The van der Waals surface area contributed by atoms with Gasteiger partial charge in [0.2, 0.25) is 0 Å². The predicted molar refractivity (Wildman–Crippen MR) is 57.5 cm³/mol. The van der Waals surface area contributed by atoms with Gasteiger partial charge in [0.1, 0.15) is 5.54 Å². The topological polar surface area (TPSA) is 52.6 Å². The van der Waals surface area contributed by atoms with Crippen molar-refractivity contribution in [3.8, 4) is 0 Å². The lowest BCUT2D eigenvalue weighted by atomic mass is 9.97. The number of rotatable bonds is 7. The molecule has 0 aromatic heterocycles. The molecule has 0 amide bonds. The lowest BCUT2D eigenvalue weighted by molar-refractivity contribution is -0.144. The zero-order chi connectivity index (χ0) is 11.2. The lowest BCUT2D eigenvalue weighted by Crippen LogP contribution is -2.51. The van der Waals surface area contributed by atoms with Gasteiger partial charge in [0, 0.05) is 0 Å². The quantitative estimate of drug-likeness (QED) is 0.640. The first kappa shape index (κ1) is 13.4. The first-order chi connectivity index (χ1) is 6.42. The number of aliphatic carboxylic acids is 1. The molecule has 1 atom stereocenters. The molecule has 0 saturated carbocycles. The zero-order valence-electron chi connectivity index (χ0n) is 9.63. The van der Waals surface area contributed by atoms with Crippen molar-refractivity contribution in [3.05, 3.63) is 0 Å². The first-order valence-corrected chi connectivity index (χ1v) is 5.05. The van der Waals surface area contributed by atoms with Gasteiger partial charge in [0.05, 0.1) is 0 Å². The monoisotopic (exact) mass is 202 g/mol. The Morgan fingerprint density at radius 3 is 2.43 bits per heavy atom. The van der Waals surface area contributed by atoms with Crippen molar-refractivity contribution in [1.29, 1.82) is 0 Å². The van der Waals surface area contributed by atoms with Crippen LogP contribution in [0.3, 0.4) is 0 Å². The fourth-order valence-electron chi connectivity index (χ4n) is 1.12. The molecule has 4 nitrogen and oxygen atoms in total. The van der Waals surface area contributed by atoms with Gasteiger partial charge in [-0.1, -0.05) is 6.92 Å². The molecule has 0 saturated heterocycles. The maximum absolute atomic E-state index is 11.1. The van der Waals surface area contributed by atoms with Crippen molar-refractivity contribution >= 4 is 5.97 Å². The second-order valence-electron chi connectivity index (χ2n) is 4.12. The number of carboxylic acids is 1. The fraction of sp³-hybridized carbons (Fsp3) is 0.900. The molecular formula is C10H22N2O2. The second-order valence-corrected chi connectivity index (χ2v) is 4.12. The average Bonchev–Trinajstić information content (AvgIpc) is 2.11. The summed E-state index contributed by atoms with van der Waals surface area (Å²) in [7, 11) is 3.89. The number of nitrogens with one attached hydrogen (secondary N) is 1. The van der Waals surface area contributed by atoms with E-state index in [0.29, 0.717) is 6.42 Å². The molecule has 0 spiro atoms. The van der Waals surface area contributed by atoms with Crippen molar-refractivity contribution in [2.24, 2.45) is 0 Å². The van der Waals surface area contributed by atoms with Gasteiger partial charge in [-0.15, -0.1) is 0 Å². The van der Waals surface area contributed by atoms with Gasteiger partial charge in [0.15, 0.2) is 0 Å². The summed E-state index contributed by atoms with van der Waals surface area (Å²) in [6, 6.07) is 0. The highest BCUT2D eigenvalue weighted by atomic mass is 16.4. The molecule has 1 unspecified atom stereocenters. The fourth-order valence-corrected chi connectivity index (χ4v) is 1.12. The van der Waals surface area contributed by atoms with Crippen LogP contribution < -0.4 is 5.32 Å². The summed E-state index contributed by atoms with van der Waals surface area (Å²) in [6.07, 6.45) is 1.57. The van der Waals surface area contributed by atoms with E-state index in [1.54, 1.807) is 6.92 Å². The molecule has 0 bridgehead atoms. The molecule has 0 fully saturated rings. The van der Waals surface area contributed by atoms with Crippen LogP contribution in [0, 0.1) is 0 Å². The van der Waals surface area contributed by atoms with Crippen LogP contribution in [0.5, 0.6) is 0 Å². The van der Waals surface area contributed by atoms with Gasteiger partial charge in [-0.05, 0) is 47.0 Å².